The van der Waals surface area contributed by atoms with E-state index in [1.54, 1.807) is 0 Å². The Bertz CT molecular complexity index is 355. The van der Waals surface area contributed by atoms with Gasteiger partial charge in [-0.05, 0) is 19.8 Å². The van der Waals surface area contributed by atoms with Crippen LogP contribution in [0.4, 0.5) is 11.6 Å². The van der Waals surface area contributed by atoms with Crippen molar-refractivity contribution in [2.45, 2.75) is 26.2 Å². The van der Waals surface area contributed by atoms with Crippen LogP contribution in [0.5, 0.6) is 0 Å². The zero-order valence-corrected chi connectivity index (χ0v) is 10.1. The molecule has 0 atom stereocenters. The lowest BCUT2D eigenvalue weighted by molar-refractivity contribution is -0.118. The monoisotopic (exact) mass is 237 g/mol. The van der Waals surface area contributed by atoms with Crippen LogP contribution in [0.15, 0.2) is 12.4 Å². The lowest BCUT2D eigenvalue weighted by Gasteiger charge is -2.06. The Morgan fingerprint density at radius 1 is 1.29 bits per heavy atom. The van der Waals surface area contributed by atoms with Crippen LogP contribution in [0.2, 0.25) is 0 Å². The van der Waals surface area contributed by atoms with Crippen LogP contribution in [0, 0.1) is 0 Å². The van der Waals surface area contributed by atoms with Crippen molar-refractivity contribution in [1.29, 1.82) is 0 Å². The summed E-state index contributed by atoms with van der Waals surface area (Å²) in [6.45, 7) is 3.62. The fourth-order valence-electron chi connectivity index (χ4n) is 1.37. The molecule has 1 rings (SSSR count). The Labute approximate surface area is 101 Å². The van der Waals surface area contributed by atoms with Gasteiger partial charge in [0.15, 0.2) is 0 Å². The van der Waals surface area contributed by atoms with Crippen molar-refractivity contribution in [3.63, 3.8) is 0 Å². The van der Waals surface area contributed by atoms with E-state index in [4.69, 9.17) is 5.73 Å². The van der Waals surface area contributed by atoms with E-state index in [1.807, 2.05) is 13.0 Å². The van der Waals surface area contributed by atoms with Gasteiger partial charge in [0.25, 0.3) is 0 Å². The van der Waals surface area contributed by atoms with E-state index in [0.29, 0.717) is 6.42 Å². The molecule has 0 aromatic carbocycles. The molecule has 1 aromatic heterocycles. The maximum absolute atomic E-state index is 10.5. The summed E-state index contributed by atoms with van der Waals surface area (Å²) in [5.74, 6) is 1.35. The van der Waals surface area contributed by atoms with Gasteiger partial charge < -0.3 is 16.4 Å². The predicted octanol–water partition coefficient (Wildman–Crippen LogP) is 0.976. The highest BCUT2D eigenvalue weighted by molar-refractivity contribution is 5.73. The molecule has 0 aliphatic carbocycles. The maximum atomic E-state index is 10.5. The molecule has 0 unspecified atom stereocenters. The smallest absolute Gasteiger partial charge is 0.217 e. The molecule has 0 aliphatic heterocycles. The van der Waals surface area contributed by atoms with Gasteiger partial charge in [-0.15, -0.1) is 0 Å². The van der Waals surface area contributed by atoms with Crippen LogP contribution in [0.25, 0.3) is 0 Å². The van der Waals surface area contributed by atoms with Crippen molar-refractivity contribution >= 4 is 17.5 Å². The van der Waals surface area contributed by atoms with E-state index in [9.17, 15) is 4.79 Å². The van der Waals surface area contributed by atoms with E-state index in [2.05, 4.69) is 20.6 Å². The Kier molecular flexibility index (Phi) is 5.77. The molecule has 4 N–H and O–H groups in total. The van der Waals surface area contributed by atoms with Gasteiger partial charge >= 0.3 is 0 Å². The number of unbranched alkanes of at least 4 members (excludes halogenated alkanes) is 1. The fourth-order valence-corrected chi connectivity index (χ4v) is 1.37. The predicted molar refractivity (Wildman–Crippen MR) is 67.7 cm³/mol. The minimum atomic E-state index is -0.249. The number of amides is 1. The Morgan fingerprint density at radius 3 is 2.65 bits per heavy atom. The third-order valence-corrected chi connectivity index (χ3v) is 2.18. The number of aromatic nitrogens is 2. The zero-order chi connectivity index (χ0) is 12.5. The Morgan fingerprint density at radius 2 is 2.00 bits per heavy atom. The van der Waals surface area contributed by atoms with Crippen molar-refractivity contribution < 1.29 is 4.79 Å². The quantitative estimate of drug-likeness (QED) is 0.586. The second kappa shape index (κ2) is 7.43. The van der Waals surface area contributed by atoms with Gasteiger partial charge in [0, 0.05) is 25.6 Å². The molecular weight excluding hydrogens is 218 g/mol. The first-order valence-corrected chi connectivity index (χ1v) is 5.80. The minimum Gasteiger partial charge on any atom is -0.370 e. The number of hydrogen-bond acceptors (Lipinski definition) is 5. The van der Waals surface area contributed by atoms with Gasteiger partial charge in [-0.3, -0.25) is 4.79 Å². The Hall–Kier alpha value is -1.85. The summed E-state index contributed by atoms with van der Waals surface area (Å²) in [5, 5.41) is 6.29. The summed E-state index contributed by atoms with van der Waals surface area (Å²) < 4.78 is 0. The second-order valence-electron chi connectivity index (χ2n) is 3.67. The number of carbonyl (C=O) groups is 1. The van der Waals surface area contributed by atoms with E-state index >= 15 is 0 Å². The van der Waals surface area contributed by atoms with Crippen LogP contribution in [0.1, 0.15) is 26.2 Å². The molecule has 0 spiro atoms. The number of anilines is 2. The number of hydrogen-bond donors (Lipinski definition) is 3. The third kappa shape index (κ3) is 5.70. The summed E-state index contributed by atoms with van der Waals surface area (Å²) in [7, 11) is 0. The molecule has 0 aliphatic rings. The molecule has 6 heteroatoms. The van der Waals surface area contributed by atoms with E-state index in [-0.39, 0.29) is 5.91 Å². The molecule has 1 aromatic rings. The lowest BCUT2D eigenvalue weighted by atomic mass is 10.2. The van der Waals surface area contributed by atoms with E-state index < -0.39 is 0 Å². The molecule has 0 saturated heterocycles. The van der Waals surface area contributed by atoms with Gasteiger partial charge in [0.2, 0.25) is 5.91 Å². The Balaban J connectivity index is 2.26. The van der Waals surface area contributed by atoms with Crippen molar-refractivity contribution in [1.82, 2.24) is 9.97 Å². The first-order valence-electron chi connectivity index (χ1n) is 5.80. The molecular formula is C11H19N5O. The summed E-state index contributed by atoms with van der Waals surface area (Å²) in [5.41, 5.74) is 5.05. The van der Waals surface area contributed by atoms with Gasteiger partial charge in [0.1, 0.15) is 18.0 Å². The highest BCUT2D eigenvalue weighted by Crippen LogP contribution is 2.08. The average Bonchev–Trinajstić information content (AvgIpc) is 2.29. The summed E-state index contributed by atoms with van der Waals surface area (Å²) in [6, 6.07) is 1.86. The first kappa shape index (κ1) is 13.2. The topological polar surface area (TPSA) is 92.9 Å². The second-order valence-corrected chi connectivity index (χ2v) is 3.67. The highest BCUT2D eigenvalue weighted by Gasteiger charge is 1.98. The molecule has 1 amide bonds. The van der Waals surface area contributed by atoms with Crippen LogP contribution in [0.3, 0.4) is 0 Å². The standard InChI is InChI=1S/C11H19N5O/c1-2-13-10-7-11(16-8-15-10)14-6-4-3-5-9(12)17/h7-8H,2-6H2,1H3,(H2,12,17)(H2,13,14,15,16). The van der Waals surface area contributed by atoms with Crippen LogP contribution >= 0.6 is 0 Å². The molecule has 0 fully saturated rings. The van der Waals surface area contributed by atoms with Crippen molar-refractivity contribution in [2.75, 3.05) is 23.7 Å². The number of primary amides is 1. The minimum absolute atomic E-state index is 0.249. The fraction of sp³-hybridized carbons (Fsp3) is 0.545. The normalized spacial score (nSPS) is 9.94. The number of nitrogens with one attached hydrogen (secondary N) is 2. The molecule has 0 radical (unpaired) electrons. The van der Waals surface area contributed by atoms with Crippen LogP contribution in [-0.4, -0.2) is 29.0 Å². The van der Waals surface area contributed by atoms with Gasteiger partial charge in [-0.2, -0.15) is 0 Å². The maximum Gasteiger partial charge on any atom is 0.217 e. The first-order chi connectivity index (χ1) is 8.22. The van der Waals surface area contributed by atoms with Gasteiger partial charge in [0.05, 0.1) is 0 Å². The number of nitrogens with zero attached hydrogens (tertiary/aromatic N) is 2. The largest absolute Gasteiger partial charge is 0.370 e. The van der Waals surface area contributed by atoms with Crippen molar-refractivity contribution in [3.05, 3.63) is 12.4 Å². The molecule has 0 bridgehead atoms. The van der Waals surface area contributed by atoms with Crippen molar-refractivity contribution in [3.8, 4) is 0 Å². The number of nitrogens with two attached hydrogens (primary N) is 1. The highest BCUT2D eigenvalue weighted by atomic mass is 16.1. The molecule has 17 heavy (non-hydrogen) atoms. The average molecular weight is 237 g/mol. The summed E-state index contributed by atoms with van der Waals surface area (Å²) in [6.07, 6.45) is 3.65. The number of rotatable bonds is 8. The van der Waals surface area contributed by atoms with Crippen LogP contribution in [-0.2, 0) is 4.79 Å². The van der Waals surface area contributed by atoms with Gasteiger partial charge in [-0.25, -0.2) is 9.97 Å². The summed E-state index contributed by atoms with van der Waals surface area (Å²) >= 11 is 0. The molecule has 1 heterocycles. The number of carbonyl (C=O) groups excluding carboxylic acids is 1. The third-order valence-electron chi connectivity index (χ3n) is 2.18. The van der Waals surface area contributed by atoms with E-state index in [1.165, 1.54) is 6.33 Å². The van der Waals surface area contributed by atoms with E-state index in [0.717, 1.165) is 37.6 Å². The SMILES string of the molecule is CCNc1cc(NCCCCC(N)=O)ncn1. The zero-order valence-electron chi connectivity index (χ0n) is 10.1. The molecule has 94 valence electrons. The lowest BCUT2D eigenvalue weighted by Crippen LogP contribution is -2.11. The van der Waals surface area contributed by atoms with Gasteiger partial charge in [-0.1, -0.05) is 0 Å². The summed E-state index contributed by atoms with van der Waals surface area (Å²) in [4.78, 5) is 18.7. The van der Waals surface area contributed by atoms with Crippen molar-refractivity contribution in [2.24, 2.45) is 5.73 Å². The molecule has 6 nitrogen and oxygen atoms in total. The van der Waals surface area contributed by atoms with Crippen LogP contribution < -0.4 is 16.4 Å². The molecule has 0 saturated carbocycles.